The first-order valence-electron chi connectivity index (χ1n) is 12.1. The number of carbonyl (C=O) groups is 1. The maximum atomic E-state index is 13.6. The Balaban J connectivity index is 1.72. The number of hydrogen-bond acceptors (Lipinski definition) is 4. The number of benzene rings is 2. The number of aromatic nitrogens is 2. The average molecular weight is 456 g/mol. The Morgan fingerprint density at radius 3 is 2.62 bits per heavy atom. The number of piperazine rings is 1. The molecule has 0 radical (unpaired) electrons. The van der Waals surface area contributed by atoms with Gasteiger partial charge in [0.1, 0.15) is 5.82 Å². The summed E-state index contributed by atoms with van der Waals surface area (Å²) >= 11 is 0. The van der Waals surface area contributed by atoms with Crippen molar-refractivity contribution in [3.63, 3.8) is 0 Å². The van der Waals surface area contributed by atoms with Crippen LogP contribution in [-0.2, 0) is 17.8 Å². The monoisotopic (exact) mass is 455 g/mol. The third-order valence-electron chi connectivity index (χ3n) is 7.00. The molecule has 0 aliphatic carbocycles. The molecule has 1 aromatic heterocycles. The number of anilines is 1. The molecule has 34 heavy (non-hydrogen) atoms. The van der Waals surface area contributed by atoms with Crippen LogP contribution in [0.1, 0.15) is 54.3 Å². The molecule has 2 heterocycles. The molecule has 2 atom stereocenters. The molecule has 0 bridgehead atoms. The van der Waals surface area contributed by atoms with Crippen molar-refractivity contribution in [3.05, 3.63) is 82.9 Å². The fourth-order valence-electron chi connectivity index (χ4n) is 4.97. The lowest BCUT2D eigenvalue weighted by Gasteiger charge is -2.49. The number of carbonyl (C=O) groups excluding carboxylic acids is 1. The second-order valence-corrected chi connectivity index (χ2v) is 9.19. The van der Waals surface area contributed by atoms with Crippen LogP contribution in [0.4, 0.5) is 5.69 Å². The highest BCUT2D eigenvalue weighted by molar-refractivity contribution is 5.84. The molecule has 0 saturated carbocycles. The Kier molecular flexibility index (Phi) is 7.32. The molecule has 176 valence electrons. The smallest absolute Gasteiger partial charge is 0.242 e. The van der Waals surface area contributed by atoms with E-state index in [1.54, 1.807) is 6.20 Å². The first kappa shape index (κ1) is 23.6. The second kappa shape index (κ2) is 10.6. The van der Waals surface area contributed by atoms with Crippen LogP contribution in [0.5, 0.6) is 0 Å². The molecular formula is C28H33N5O. The van der Waals surface area contributed by atoms with Crippen LogP contribution in [0.3, 0.4) is 0 Å². The van der Waals surface area contributed by atoms with Gasteiger partial charge in [0.15, 0.2) is 0 Å². The van der Waals surface area contributed by atoms with E-state index in [2.05, 4.69) is 64.8 Å². The van der Waals surface area contributed by atoms with Crippen molar-refractivity contribution in [2.45, 2.75) is 65.1 Å². The van der Waals surface area contributed by atoms with Crippen molar-refractivity contribution >= 4 is 11.6 Å². The number of H-pyrrole nitrogens is 1. The van der Waals surface area contributed by atoms with Crippen molar-refractivity contribution in [2.75, 3.05) is 11.4 Å². The first-order chi connectivity index (χ1) is 16.5. The van der Waals surface area contributed by atoms with Gasteiger partial charge < -0.3 is 14.8 Å². The highest BCUT2D eigenvalue weighted by Gasteiger charge is 2.41. The fourth-order valence-corrected chi connectivity index (χ4v) is 4.97. The summed E-state index contributed by atoms with van der Waals surface area (Å²) < 4.78 is 0. The van der Waals surface area contributed by atoms with Gasteiger partial charge in [0, 0.05) is 31.0 Å². The highest BCUT2D eigenvalue weighted by atomic mass is 16.2. The molecule has 2 aromatic carbocycles. The quantitative estimate of drug-likeness (QED) is 0.523. The zero-order valence-electron chi connectivity index (χ0n) is 20.3. The van der Waals surface area contributed by atoms with Gasteiger partial charge in [-0.3, -0.25) is 4.79 Å². The summed E-state index contributed by atoms with van der Waals surface area (Å²) in [6.45, 7) is 7.35. The molecule has 3 aromatic rings. The highest BCUT2D eigenvalue weighted by Crippen LogP contribution is 2.33. The summed E-state index contributed by atoms with van der Waals surface area (Å²) in [4.78, 5) is 25.8. The first-order valence-corrected chi connectivity index (χ1v) is 12.1. The van der Waals surface area contributed by atoms with Crippen molar-refractivity contribution in [1.29, 1.82) is 5.26 Å². The number of aryl methyl sites for hydroxylation is 1. The van der Waals surface area contributed by atoms with Crippen LogP contribution in [-0.4, -0.2) is 39.4 Å². The molecule has 1 saturated heterocycles. The van der Waals surface area contributed by atoms with E-state index in [0.717, 1.165) is 42.8 Å². The Morgan fingerprint density at radius 1 is 1.15 bits per heavy atom. The third kappa shape index (κ3) is 4.99. The Bertz CT molecular complexity index is 1150. The van der Waals surface area contributed by atoms with Crippen LogP contribution in [0.15, 0.2) is 54.9 Å². The van der Waals surface area contributed by atoms with Crippen LogP contribution in [0.25, 0.3) is 0 Å². The predicted octanol–water partition coefficient (Wildman–Crippen LogP) is 4.92. The molecule has 1 amide bonds. The molecule has 0 spiro atoms. The van der Waals surface area contributed by atoms with E-state index in [1.165, 1.54) is 11.1 Å². The number of nitriles is 1. The summed E-state index contributed by atoms with van der Waals surface area (Å²) in [6.07, 6.45) is 7.46. The zero-order chi connectivity index (χ0) is 24.1. The molecule has 2 unspecified atom stereocenters. The zero-order valence-corrected chi connectivity index (χ0v) is 20.3. The summed E-state index contributed by atoms with van der Waals surface area (Å²) in [7, 11) is 0. The Morgan fingerprint density at radius 2 is 1.94 bits per heavy atom. The summed E-state index contributed by atoms with van der Waals surface area (Å²) in [5.74, 6) is 1.08. The summed E-state index contributed by atoms with van der Waals surface area (Å²) in [5, 5.41) is 9.14. The van der Waals surface area contributed by atoms with E-state index in [4.69, 9.17) is 5.26 Å². The molecule has 6 nitrogen and oxygen atoms in total. The molecular weight excluding hydrogens is 422 g/mol. The Hall–Kier alpha value is -3.59. The number of unbranched alkanes of at least 4 members (excludes halogenated alkanes) is 1. The minimum Gasteiger partial charge on any atom is -0.356 e. The van der Waals surface area contributed by atoms with Gasteiger partial charge in [-0.15, -0.1) is 0 Å². The van der Waals surface area contributed by atoms with Gasteiger partial charge in [0.25, 0.3) is 0 Å². The van der Waals surface area contributed by atoms with Gasteiger partial charge in [-0.05, 0) is 55.2 Å². The average Bonchev–Trinajstić information content (AvgIpc) is 3.36. The van der Waals surface area contributed by atoms with E-state index >= 15 is 0 Å². The Labute approximate surface area is 202 Å². The third-order valence-corrected chi connectivity index (χ3v) is 7.00. The molecule has 4 rings (SSSR count). The molecule has 1 aliphatic heterocycles. The lowest BCUT2D eigenvalue weighted by Crippen LogP contribution is -2.63. The minimum absolute atomic E-state index is 0.0573. The lowest BCUT2D eigenvalue weighted by molar-refractivity contribution is -0.136. The normalized spacial score (nSPS) is 18.2. The van der Waals surface area contributed by atoms with Gasteiger partial charge in [-0.1, -0.05) is 44.0 Å². The maximum Gasteiger partial charge on any atom is 0.242 e. The van der Waals surface area contributed by atoms with E-state index in [-0.39, 0.29) is 18.0 Å². The van der Waals surface area contributed by atoms with Gasteiger partial charge in [0.05, 0.1) is 30.3 Å². The van der Waals surface area contributed by atoms with Crippen molar-refractivity contribution in [1.82, 2.24) is 14.9 Å². The molecule has 6 heteroatoms. The van der Waals surface area contributed by atoms with E-state index in [1.807, 2.05) is 30.5 Å². The number of rotatable bonds is 8. The second-order valence-electron chi connectivity index (χ2n) is 9.19. The molecule has 1 N–H and O–H groups in total. The fraction of sp³-hybridized carbons (Fsp3) is 0.393. The number of imidazole rings is 1. The molecule has 1 fully saturated rings. The minimum atomic E-state index is 0.0573. The van der Waals surface area contributed by atoms with Gasteiger partial charge in [-0.25, -0.2) is 4.98 Å². The standard InChI is InChI=1S/C28H33N5O/c1-4-5-8-25-26(16-27-30-14-15-31-27)32(24-9-6-7-20(2)21(24)3)19-28(34)33(25)18-23-12-10-22(17-29)11-13-23/h6-7,9-15,25-26H,4-5,8,16,18-19H2,1-3H3,(H,30,31). The van der Waals surface area contributed by atoms with Gasteiger partial charge >= 0.3 is 0 Å². The van der Waals surface area contributed by atoms with Crippen molar-refractivity contribution in [2.24, 2.45) is 0 Å². The maximum absolute atomic E-state index is 13.6. The van der Waals surface area contributed by atoms with Gasteiger partial charge in [-0.2, -0.15) is 5.26 Å². The van der Waals surface area contributed by atoms with Crippen LogP contribution in [0, 0.1) is 25.2 Å². The topological polar surface area (TPSA) is 76.0 Å². The van der Waals surface area contributed by atoms with Crippen molar-refractivity contribution < 1.29 is 4.79 Å². The van der Waals surface area contributed by atoms with Gasteiger partial charge in [0.2, 0.25) is 5.91 Å². The van der Waals surface area contributed by atoms with Crippen LogP contribution in [0.2, 0.25) is 0 Å². The van der Waals surface area contributed by atoms with E-state index < -0.39 is 0 Å². The number of hydrogen-bond donors (Lipinski definition) is 1. The molecule has 1 aliphatic rings. The SMILES string of the molecule is CCCCC1C(Cc2ncc[nH]2)N(c2cccc(C)c2C)CC(=O)N1Cc1ccc(C#N)cc1. The number of nitrogens with zero attached hydrogens (tertiary/aromatic N) is 4. The number of nitrogens with one attached hydrogen (secondary N) is 1. The van der Waals surface area contributed by atoms with E-state index in [9.17, 15) is 4.79 Å². The van der Waals surface area contributed by atoms with E-state index in [0.29, 0.717) is 18.7 Å². The number of aromatic amines is 1. The largest absolute Gasteiger partial charge is 0.356 e. The lowest BCUT2D eigenvalue weighted by atomic mass is 9.91. The van der Waals surface area contributed by atoms with Crippen LogP contribution >= 0.6 is 0 Å². The summed E-state index contributed by atoms with van der Waals surface area (Å²) in [6, 6.07) is 16.2. The number of amides is 1. The van der Waals surface area contributed by atoms with Crippen molar-refractivity contribution in [3.8, 4) is 6.07 Å². The predicted molar refractivity (Wildman–Crippen MR) is 134 cm³/mol. The summed E-state index contributed by atoms with van der Waals surface area (Å²) in [5.41, 5.74) is 5.25. The van der Waals surface area contributed by atoms with Crippen LogP contribution < -0.4 is 4.90 Å².